The van der Waals surface area contributed by atoms with Gasteiger partial charge in [0.1, 0.15) is 11.6 Å². The molecule has 0 fully saturated rings. The largest absolute Gasteiger partial charge is 0.474 e. The van der Waals surface area contributed by atoms with Gasteiger partial charge in [0, 0.05) is 27.8 Å². The summed E-state index contributed by atoms with van der Waals surface area (Å²) in [5, 5.41) is 11.0. The third-order valence-electron chi connectivity index (χ3n) is 5.95. The smallest absolute Gasteiger partial charge is 0.351 e. The molecule has 0 saturated carbocycles. The highest BCUT2D eigenvalue weighted by atomic mass is 35.5. The molecule has 1 unspecified atom stereocenters. The van der Waals surface area contributed by atoms with Crippen LogP contribution in [0.2, 0.25) is 10.0 Å². The number of rotatable bonds is 12. The molecule has 4 aromatic rings. The molecule has 198 valence electrons. The lowest BCUT2D eigenvalue weighted by molar-refractivity contribution is -0.149. The second kappa shape index (κ2) is 13.7. The summed E-state index contributed by atoms with van der Waals surface area (Å²) in [6.07, 6.45) is 2.03. The van der Waals surface area contributed by atoms with Crippen LogP contribution in [-0.2, 0) is 28.2 Å². The van der Waals surface area contributed by atoms with Gasteiger partial charge in [-0.15, -0.1) is 10.2 Å². The van der Waals surface area contributed by atoms with Crippen LogP contribution in [0, 0.1) is 0 Å². The number of nitrogens with zero attached hydrogens (tertiary/aromatic N) is 3. The molecule has 0 radical (unpaired) electrons. The highest BCUT2D eigenvalue weighted by Gasteiger charge is 2.26. The Kier molecular flexibility index (Phi) is 10.1. The van der Waals surface area contributed by atoms with Crippen molar-refractivity contribution in [2.45, 2.75) is 49.7 Å². The Morgan fingerprint density at radius 3 is 2.37 bits per heavy atom. The lowest BCUT2D eigenvalue weighted by Crippen LogP contribution is -2.20. The van der Waals surface area contributed by atoms with Crippen molar-refractivity contribution >= 4 is 40.9 Å². The van der Waals surface area contributed by atoms with E-state index in [1.54, 1.807) is 36.0 Å². The summed E-state index contributed by atoms with van der Waals surface area (Å²) < 4.78 is 13.1. The number of halogens is 2. The maximum absolute atomic E-state index is 12.5. The van der Waals surface area contributed by atoms with E-state index in [0.29, 0.717) is 22.9 Å². The third kappa shape index (κ3) is 7.31. The van der Waals surface area contributed by atoms with Gasteiger partial charge in [0.2, 0.25) is 6.10 Å². The molecule has 0 amide bonds. The molecule has 0 N–H and O–H groups in total. The number of aryl methyl sites for hydroxylation is 1. The number of ether oxygens (including phenoxy) is 2. The van der Waals surface area contributed by atoms with Gasteiger partial charge in [0.05, 0.1) is 13.7 Å². The fourth-order valence-corrected chi connectivity index (χ4v) is 5.13. The number of benzene rings is 3. The summed E-state index contributed by atoms with van der Waals surface area (Å²) in [7, 11) is 1.33. The normalized spacial score (nSPS) is 11.8. The Morgan fingerprint density at radius 1 is 0.974 bits per heavy atom. The summed E-state index contributed by atoms with van der Waals surface area (Å²) in [6, 6.07) is 22.6. The standard InChI is InChI=1S/C29H29Cl2N3O3S/c1-3-4-9-26-32-33-29(38-19-21-10-14-22(30)15-11-21)34(26)18-20-12-16-23(17-13-20)37-27(28(35)36-2)24-7-5-6-8-25(24)31/h5-8,10-17,27H,3-4,9,18-19H2,1-2H3. The molecule has 0 bridgehead atoms. The number of thioether (sulfide) groups is 1. The molecule has 3 aromatic carbocycles. The number of methoxy groups -OCH3 is 1. The molecule has 1 heterocycles. The first-order chi connectivity index (χ1) is 18.5. The minimum absolute atomic E-state index is 0.440. The number of esters is 1. The lowest BCUT2D eigenvalue weighted by Gasteiger charge is -2.18. The maximum Gasteiger partial charge on any atom is 0.351 e. The average Bonchev–Trinajstić information content (AvgIpc) is 3.32. The number of unbranched alkanes of at least 4 members (excludes halogenated alkanes) is 1. The molecule has 0 aliphatic rings. The number of carbonyl (C=O) groups is 1. The van der Waals surface area contributed by atoms with Crippen molar-refractivity contribution in [1.82, 2.24) is 14.8 Å². The van der Waals surface area contributed by atoms with E-state index in [4.69, 9.17) is 32.7 Å². The first kappa shape index (κ1) is 28.0. The van der Waals surface area contributed by atoms with Crippen molar-refractivity contribution in [2.24, 2.45) is 0 Å². The second-order valence-electron chi connectivity index (χ2n) is 8.69. The summed E-state index contributed by atoms with van der Waals surface area (Å²) >= 11 is 14.0. The molecule has 4 rings (SSSR count). The number of hydrogen-bond donors (Lipinski definition) is 0. The van der Waals surface area contributed by atoms with E-state index in [-0.39, 0.29) is 0 Å². The van der Waals surface area contributed by atoms with E-state index >= 15 is 0 Å². The van der Waals surface area contributed by atoms with Crippen LogP contribution in [0.15, 0.2) is 78.0 Å². The van der Waals surface area contributed by atoms with E-state index in [0.717, 1.165) is 46.6 Å². The van der Waals surface area contributed by atoms with Crippen LogP contribution in [0.5, 0.6) is 5.75 Å². The van der Waals surface area contributed by atoms with Crippen LogP contribution in [0.4, 0.5) is 0 Å². The first-order valence-corrected chi connectivity index (χ1v) is 14.1. The zero-order chi connectivity index (χ0) is 26.9. The number of hydrogen-bond acceptors (Lipinski definition) is 6. The topological polar surface area (TPSA) is 66.2 Å². The third-order valence-corrected chi connectivity index (χ3v) is 7.58. The van der Waals surface area contributed by atoms with E-state index in [2.05, 4.69) is 21.7 Å². The monoisotopic (exact) mass is 569 g/mol. The molecular formula is C29H29Cl2N3O3S. The van der Waals surface area contributed by atoms with Gasteiger partial charge < -0.3 is 14.0 Å². The van der Waals surface area contributed by atoms with Gasteiger partial charge in [0.25, 0.3) is 0 Å². The fourth-order valence-electron chi connectivity index (χ4n) is 3.86. The van der Waals surface area contributed by atoms with Crippen molar-refractivity contribution in [3.63, 3.8) is 0 Å². The minimum atomic E-state index is -0.964. The summed E-state index contributed by atoms with van der Waals surface area (Å²) in [5.74, 6) is 1.76. The molecule has 1 aromatic heterocycles. The second-order valence-corrected chi connectivity index (χ2v) is 10.5. The van der Waals surface area contributed by atoms with Gasteiger partial charge in [-0.2, -0.15) is 0 Å². The lowest BCUT2D eigenvalue weighted by atomic mass is 10.1. The molecule has 38 heavy (non-hydrogen) atoms. The SMILES string of the molecule is CCCCc1nnc(SCc2ccc(Cl)cc2)n1Cc1ccc(OC(C(=O)OC)c2ccccc2Cl)cc1. The van der Waals surface area contributed by atoms with E-state index in [1.165, 1.54) is 12.7 Å². The van der Waals surface area contributed by atoms with Crippen molar-refractivity contribution in [1.29, 1.82) is 0 Å². The molecule has 0 aliphatic heterocycles. The molecule has 0 spiro atoms. The van der Waals surface area contributed by atoms with Crippen molar-refractivity contribution in [3.05, 3.63) is 105 Å². The van der Waals surface area contributed by atoms with Crippen LogP contribution < -0.4 is 4.74 Å². The predicted octanol–water partition coefficient (Wildman–Crippen LogP) is 7.56. The van der Waals surface area contributed by atoms with Gasteiger partial charge in [0.15, 0.2) is 5.16 Å². The van der Waals surface area contributed by atoms with Gasteiger partial charge >= 0.3 is 5.97 Å². The van der Waals surface area contributed by atoms with Crippen LogP contribution >= 0.6 is 35.0 Å². The van der Waals surface area contributed by atoms with Crippen LogP contribution in [0.1, 0.15) is 48.4 Å². The zero-order valence-electron chi connectivity index (χ0n) is 21.3. The molecule has 1 atom stereocenters. The van der Waals surface area contributed by atoms with Crippen molar-refractivity contribution < 1.29 is 14.3 Å². The summed E-state index contributed by atoms with van der Waals surface area (Å²) in [5.41, 5.74) is 2.79. The summed E-state index contributed by atoms with van der Waals surface area (Å²) in [6.45, 7) is 2.79. The molecule has 0 aliphatic carbocycles. The summed E-state index contributed by atoms with van der Waals surface area (Å²) in [4.78, 5) is 12.5. The quantitative estimate of drug-likeness (QED) is 0.129. The van der Waals surface area contributed by atoms with Crippen molar-refractivity contribution in [2.75, 3.05) is 7.11 Å². The number of aromatic nitrogens is 3. The number of carbonyl (C=O) groups excluding carboxylic acids is 1. The Hall–Kier alpha value is -3.00. The van der Waals surface area contributed by atoms with Crippen molar-refractivity contribution in [3.8, 4) is 5.75 Å². The van der Waals surface area contributed by atoms with E-state index in [1.807, 2.05) is 48.5 Å². The first-order valence-electron chi connectivity index (χ1n) is 12.4. The van der Waals surface area contributed by atoms with E-state index in [9.17, 15) is 4.79 Å². The van der Waals surface area contributed by atoms with Crippen LogP contribution in [0.3, 0.4) is 0 Å². The Morgan fingerprint density at radius 2 is 1.68 bits per heavy atom. The molecule has 0 saturated heterocycles. The van der Waals surface area contributed by atoms with Gasteiger partial charge in [-0.25, -0.2) is 4.79 Å². The van der Waals surface area contributed by atoms with E-state index < -0.39 is 12.1 Å². The minimum Gasteiger partial charge on any atom is -0.474 e. The molecule has 6 nitrogen and oxygen atoms in total. The fraction of sp³-hybridized carbons (Fsp3) is 0.276. The van der Waals surface area contributed by atoms with Gasteiger partial charge in [-0.3, -0.25) is 0 Å². The molecular weight excluding hydrogens is 541 g/mol. The Labute approximate surface area is 237 Å². The highest BCUT2D eigenvalue weighted by Crippen LogP contribution is 2.29. The maximum atomic E-state index is 12.5. The Bertz CT molecular complexity index is 1340. The van der Waals surface area contributed by atoms with Crippen LogP contribution in [-0.4, -0.2) is 27.8 Å². The predicted molar refractivity (Wildman–Crippen MR) is 152 cm³/mol. The van der Waals surface area contributed by atoms with Gasteiger partial charge in [-0.1, -0.05) is 90.8 Å². The average molecular weight is 571 g/mol. The zero-order valence-corrected chi connectivity index (χ0v) is 23.6. The van der Waals surface area contributed by atoms with Crippen LogP contribution in [0.25, 0.3) is 0 Å². The highest BCUT2D eigenvalue weighted by molar-refractivity contribution is 7.98. The van der Waals surface area contributed by atoms with Gasteiger partial charge in [-0.05, 0) is 47.9 Å². The molecule has 9 heteroatoms. The Balaban J connectivity index is 1.50.